The molecule has 0 saturated carbocycles. The summed E-state index contributed by atoms with van der Waals surface area (Å²) in [5.41, 5.74) is 1.12. The normalized spacial score (nSPS) is 18.5. The number of aryl methyl sites for hydroxylation is 1. The van der Waals surface area contributed by atoms with Crippen molar-refractivity contribution in [2.45, 2.75) is 42.4 Å². The number of carbonyl (C=O) groups is 1. The monoisotopic (exact) mass is 335 g/mol. The van der Waals surface area contributed by atoms with Crippen molar-refractivity contribution in [1.29, 1.82) is 0 Å². The van der Waals surface area contributed by atoms with Gasteiger partial charge in [0.2, 0.25) is 5.91 Å². The van der Waals surface area contributed by atoms with Crippen molar-refractivity contribution in [3.63, 3.8) is 0 Å². The second-order valence-electron chi connectivity index (χ2n) is 5.44. The van der Waals surface area contributed by atoms with Gasteiger partial charge < -0.3 is 9.73 Å². The molecule has 0 radical (unpaired) electrons. The molecule has 0 spiro atoms. The molecule has 2 aromatic rings. The van der Waals surface area contributed by atoms with E-state index in [2.05, 4.69) is 5.32 Å². The zero-order valence-electron chi connectivity index (χ0n) is 12.3. The third kappa shape index (κ3) is 3.33. The molecule has 2 unspecified atom stereocenters. The van der Waals surface area contributed by atoms with Crippen LogP contribution in [-0.2, 0) is 11.2 Å². The lowest BCUT2D eigenvalue weighted by Crippen LogP contribution is -2.35. The minimum absolute atomic E-state index is 0.0315. The van der Waals surface area contributed by atoms with Gasteiger partial charge in [0.15, 0.2) is 0 Å². The number of hydrogen-bond acceptors (Lipinski definition) is 3. The number of benzene rings is 1. The molecular formula is C17H18ClNO2S. The molecule has 0 aliphatic heterocycles. The van der Waals surface area contributed by atoms with Gasteiger partial charge in [-0.3, -0.25) is 4.79 Å². The maximum absolute atomic E-state index is 12.5. The van der Waals surface area contributed by atoms with Crippen LogP contribution in [0.5, 0.6) is 0 Å². The maximum atomic E-state index is 12.5. The predicted molar refractivity (Wildman–Crippen MR) is 89.3 cm³/mol. The first-order valence-corrected chi connectivity index (χ1v) is 8.68. The van der Waals surface area contributed by atoms with Crippen molar-refractivity contribution < 1.29 is 9.21 Å². The molecule has 1 aliphatic carbocycles. The minimum Gasteiger partial charge on any atom is -0.469 e. The quantitative estimate of drug-likeness (QED) is 0.830. The molecule has 22 heavy (non-hydrogen) atoms. The van der Waals surface area contributed by atoms with Crippen molar-refractivity contribution in [2.75, 3.05) is 0 Å². The molecule has 116 valence electrons. The summed E-state index contributed by atoms with van der Waals surface area (Å²) in [5, 5.41) is 3.62. The van der Waals surface area contributed by atoms with Gasteiger partial charge in [0.1, 0.15) is 5.76 Å². The Morgan fingerprint density at radius 3 is 3.05 bits per heavy atom. The zero-order chi connectivity index (χ0) is 15.5. The predicted octanol–water partition coefficient (Wildman–Crippen LogP) is 4.61. The van der Waals surface area contributed by atoms with E-state index >= 15 is 0 Å². The van der Waals surface area contributed by atoms with Gasteiger partial charge in [-0.2, -0.15) is 0 Å². The highest BCUT2D eigenvalue weighted by atomic mass is 35.5. The lowest BCUT2D eigenvalue weighted by Gasteiger charge is -2.24. The van der Waals surface area contributed by atoms with E-state index in [1.165, 1.54) is 11.8 Å². The van der Waals surface area contributed by atoms with Crippen LogP contribution in [0.1, 0.15) is 37.1 Å². The van der Waals surface area contributed by atoms with Gasteiger partial charge in [-0.25, -0.2) is 0 Å². The second-order valence-corrected chi connectivity index (χ2v) is 7.23. The molecule has 1 aliphatic rings. The van der Waals surface area contributed by atoms with E-state index in [9.17, 15) is 4.79 Å². The summed E-state index contributed by atoms with van der Waals surface area (Å²) in [4.78, 5) is 13.4. The highest BCUT2D eigenvalue weighted by Crippen LogP contribution is 2.33. The lowest BCUT2D eigenvalue weighted by molar-refractivity contribution is -0.121. The molecule has 1 amide bonds. The average Bonchev–Trinajstić information content (AvgIpc) is 2.99. The van der Waals surface area contributed by atoms with Crippen molar-refractivity contribution in [3.8, 4) is 0 Å². The van der Waals surface area contributed by atoms with Crippen LogP contribution in [0.3, 0.4) is 0 Å². The highest BCUT2D eigenvalue weighted by Gasteiger charge is 2.26. The van der Waals surface area contributed by atoms with Crippen LogP contribution in [0.25, 0.3) is 0 Å². The van der Waals surface area contributed by atoms with Gasteiger partial charge in [0, 0.05) is 16.9 Å². The molecule has 3 nitrogen and oxygen atoms in total. The van der Waals surface area contributed by atoms with E-state index in [0.29, 0.717) is 5.02 Å². The fourth-order valence-corrected chi connectivity index (χ4v) is 3.87. The van der Waals surface area contributed by atoms with Crippen LogP contribution in [0.15, 0.2) is 45.9 Å². The third-order valence-corrected chi connectivity index (χ3v) is 5.50. The van der Waals surface area contributed by atoms with Crippen LogP contribution in [0.4, 0.5) is 0 Å². The van der Waals surface area contributed by atoms with Crippen LogP contribution >= 0.6 is 23.4 Å². The molecule has 0 bridgehead atoms. The van der Waals surface area contributed by atoms with E-state index in [1.54, 1.807) is 6.26 Å². The van der Waals surface area contributed by atoms with E-state index in [4.69, 9.17) is 16.0 Å². The van der Waals surface area contributed by atoms with Gasteiger partial charge in [-0.15, -0.1) is 11.8 Å². The number of thioether (sulfide) groups is 1. The Morgan fingerprint density at radius 1 is 1.41 bits per heavy atom. The Bertz CT molecular complexity index is 670. The van der Waals surface area contributed by atoms with Crippen molar-refractivity contribution >= 4 is 29.3 Å². The number of amides is 1. The average molecular weight is 336 g/mol. The first-order chi connectivity index (χ1) is 10.6. The van der Waals surface area contributed by atoms with Crippen molar-refractivity contribution in [2.24, 2.45) is 0 Å². The Labute approximate surface area is 139 Å². The standard InChI is InChI=1S/C17H18ClNO2S/c1-11(22-16-8-3-2-5-13(16)18)17(20)19-14-6-4-7-15-12(14)9-10-21-15/h2-3,5,8-11,14H,4,6-7H2,1H3,(H,19,20). The van der Waals surface area contributed by atoms with E-state index < -0.39 is 0 Å². The van der Waals surface area contributed by atoms with Gasteiger partial charge in [0.05, 0.1) is 22.6 Å². The van der Waals surface area contributed by atoms with Gasteiger partial charge in [-0.1, -0.05) is 23.7 Å². The summed E-state index contributed by atoms with van der Waals surface area (Å²) >= 11 is 7.64. The summed E-state index contributed by atoms with van der Waals surface area (Å²) in [6, 6.07) is 9.62. The molecule has 1 N–H and O–H groups in total. The van der Waals surface area contributed by atoms with E-state index in [0.717, 1.165) is 35.5 Å². The molecule has 1 aromatic heterocycles. The van der Waals surface area contributed by atoms with Gasteiger partial charge >= 0.3 is 0 Å². The molecule has 1 heterocycles. The number of halogens is 1. The van der Waals surface area contributed by atoms with Crippen LogP contribution in [0, 0.1) is 0 Å². The van der Waals surface area contributed by atoms with Crippen molar-refractivity contribution in [3.05, 3.63) is 52.9 Å². The van der Waals surface area contributed by atoms with Gasteiger partial charge in [0.25, 0.3) is 0 Å². The number of fused-ring (bicyclic) bond motifs is 1. The smallest absolute Gasteiger partial charge is 0.233 e. The summed E-state index contributed by atoms with van der Waals surface area (Å²) in [5.74, 6) is 1.03. The fourth-order valence-electron chi connectivity index (χ4n) is 2.71. The number of nitrogens with one attached hydrogen (secondary N) is 1. The first kappa shape index (κ1) is 15.5. The number of furan rings is 1. The molecule has 3 rings (SSSR count). The van der Waals surface area contributed by atoms with E-state index in [-0.39, 0.29) is 17.2 Å². The van der Waals surface area contributed by atoms with Crippen LogP contribution in [0.2, 0.25) is 5.02 Å². The number of hydrogen-bond donors (Lipinski definition) is 1. The Balaban J connectivity index is 1.64. The molecule has 2 atom stereocenters. The Kier molecular flexibility index (Phi) is 4.79. The highest BCUT2D eigenvalue weighted by molar-refractivity contribution is 8.00. The largest absolute Gasteiger partial charge is 0.469 e. The molecule has 1 aromatic carbocycles. The summed E-state index contributed by atoms with van der Waals surface area (Å²) < 4.78 is 5.47. The summed E-state index contributed by atoms with van der Waals surface area (Å²) in [7, 11) is 0. The Hall–Kier alpha value is -1.39. The topological polar surface area (TPSA) is 42.2 Å². The molecule has 0 fully saturated rings. The van der Waals surface area contributed by atoms with Crippen LogP contribution in [-0.4, -0.2) is 11.2 Å². The van der Waals surface area contributed by atoms with Gasteiger partial charge in [-0.05, 0) is 38.0 Å². The fraction of sp³-hybridized carbons (Fsp3) is 0.353. The SMILES string of the molecule is CC(Sc1ccccc1Cl)C(=O)NC1CCCc2occc21. The third-order valence-electron chi connectivity index (χ3n) is 3.88. The van der Waals surface area contributed by atoms with Crippen LogP contribution < -0.4 is 5.32 Å². The molecular weight excluding hydrogens is 318 g/mol. The Morgan fingerprint density at radius 2 is 2.23 bits per heavy atom. The second kappa shape index (κ2) is 6.80. The van der Waals surface area contributed by atoms with E-state index in [1.807, 2.05) is 37.3 Å². The zero-order valence-corrected chi connectivity index (χ0v) is 13.9. The van der Waals surface area contributed by atoms with Crippen molar-refractivity contribution in [1.82, 2.24) is 5.32 Å². The number of rotatable bonds is 4. The maximum Gasteiger partial charge on any atom is 0.233 e. The molecule has 5 heteroatoms. The summed E-state index contributed by atoms with van der Waals surface area (Å²) in [6.45, 7) is 1.91. The lowest BCUT2D eigenvalue weighted by atomic mass is 9.93. The minimum atomic E-state index is -0.197. The first-order valence-electron chi connectivity index (χ1n) is 7.43. The molecule has 0 saturated heterocycles. The summed E-state index contributed by atoms with van der Waals surface area (Å²) in [6.07, 6.45) is 4.66. The number of carbonyl (C=O) groups excluding carboxylic acids is 1.